The van der Waals surface area contributed by atoms with Crippen LogP contribution in [-0.2, 0) is 28.6 Å². The van der Waals surface area contributed by atoms with Gasteiger partial charge in [0.15, 0.2) is 6.10 Å². The largest absolute Gasteiger partial charge is 0.462 e. The van der Waals surface area contributed by atoms with Gasteiger partial charge in [-0.25, -0.2) is 0 Å². The van der Waals surface area contributed by atoms with Crippen LogP contribution in [0.5, 0.6) is 0 Å². The van der Waals surface area contributed by atoms with Crippen LogP contribution in [0.3, 0.4) is 0 Å². The highest BCUT2D eigenvalue weighted by Crippen LogP contribution is 2.19. The summed E-state index contributed by atoms with van der Waals surface area (Å²) in [4.78, 5) is 38.4. The smallest absolute Gasteiger partial charge is 0.306 e. The Labute approximate surface area is 518 Å². The molecule has 0 aromatic carbocycles. The summed E-state index contributed by atoms with van der Waals surface area (Å²) in [6.07, 6.45) is 91.7. The molecule has 0 aliphatic rings. The summed E-state index contributed by atoms with van der Waals surface area (Å²) < 4.78 is 17.0. The number of esters is 3. The van der Waals surface area contributed by atoms with E-state index in [2.05, 4.69) is 69.4 Å². The van der Waals surface area contributed by atoms with E-state index in [1.165, 1.54) is 283 Å². The van der Waals surface area contributed by atoms with Crippen molar-refractivity contribution in [1.29, 1.82) is 0 Å². The molecule has 0 aromatic rings. The summed E-state index contributed by atoms with van der Waals surface area (Å²) in [5.41, 5.74) is 0. The van der Waals surface area contributed by atoms with Crippen molar-refractivity contribution in [1.82, 2.24) is 0 Å². The summed E-state index contributed by atoms with van der Waals surface area (Å²) in [6, 6.07) is 0. The Morgan fingerprint density at radius 2 is 0.458 bits per heavy atom. The lowest BCUT2D eigenvalue weighted by atomic mass is 10.0. The lowest BCUT2D eigenvalue weighted by Crippen LogP contribution is -2.30. The van der Waals surface area contributed by atoms with E-state index in [1.807, 2.05) is 0 Å². The van der Waals surface area contributed by atoms with Gasteiger partial charge in [0.1, 0.15) is 13.2 Å². The highest BCUT2D eigenvalue weighted by molar-refractivity contribution is 5.71. The van der Waals surface area contributed by atoms with Crippen molar-refractivity contribution in [2.24, 2.45) is 0 Å². The van der Waals surface area contributed by atoms with Crippen LogP contribution >= 0.6 is 0 Å². The Balaban J connectivity index is 4.12. The van der Waals surface area contributed by atoms with Crippen LogP contribution in [0.4, 0.5) is 0 Å². The van der Waals surface area contributed by atoms with Crippen LogP contribution in [0, 0.1) is 0 Å². The van der Waals surface area contributed by atoms with E-state index in [1.54, 1.807) is 0 Å². The molecule has 1 atom stereocenters. The molecule has 6 heteroatoms. The van der Waals surface area contributed by atoms with E-state index in [4.69, 9.17) is 14.2 Å². The summed E-state index contributed by atoms with van der Waals surface area (Å²) in [5.74, 6) is -0.859. The monoisotopic (exact) mass is 1160 g/mol. The first kappa shape index (κ1) is 80.4. The zero-order chi connectivity index (χ0) is 59.9. The lowest BCUT2D eigenvalue weighted by molar-refractivity contribution is -0.167. The van der Waals surface area contributed by atoms with Gasteiger partial charge in [0.25, 0.3) is 0 Å². The fraction of sp³-hybridized carbons (Fsp3) is 0.857. The second kappa shape index (κ2) is 71.8. The second-order valence-electron chi connectivity index (χ2n) is 25.2. The van der Waals surface area contributed by atoms with Gasteiger partial charge in [0.2, 0.25) is 0 Å². The van der Waals surface area contributed by atoms with Gasteiger partial charge in [-0.3, -0.25) is 14.4 Å². The number of carbonyl (C=O) groups is 3. The van der Waals surface area contributed by atoms with Crippen molar-refractivity contribution < 1.29 is 28.6 Å². The number of allylic oxidation sites excluding steroid dienone is 8. The molecule has 0 radical (unpaired) electrons. The molecule has 0 spiro atoms. The number of ether oxygens (including phenoxy) is 3. The molecule has 0 heterocycles. The first-order valence-electron chi connectivity index (χ1n) is 37.1. The molecule has 0 N–H and O–H groups in total. The van der Waals surface area contributed by atoms with Gasteiger partial charge in [0, 0.05) is 19.3 Å². The van der Waals surface area contributed by atoms with Gasteiger partial charge in [-0.2, -0.15) is 0 Å². The number of hydrogen-bond acceptors (Lipinski definition) is 6. The van der Waals surface area contributed by atoms with Gasteiger partial charge in [-0.1, -0.05) is 358 Å². The predicted octanol–water partition coefficient (Wildman–Crippen LogP) is 25.7. The normalized spacial score (nSPS) is 12.3. The zero-order valence-corrected chi connectivity index (χ0v) is 56.0. The average Bonchev–Trinajstić information content (AvgIpc) is 3.48. The third-order valence-corrected chi connectivity index (χ3v) is 16.8. The van der Waals surface area contributed by atoms with Crippen molar-refractivity contribution >= 4 is 17.9 Å². The van der Waals surface area contributed by atoms with Crippen molar-refractivity contribution in [3.8, 4) is 0 Å². The third-order valence-electron chi connectivity index (χ3n) is 16.8. The Morgan fingerprint density at radius 3 is 0.735 bits per heavy atom. The van der Waals surface area contributed by atoms with Crippen LogP contribution in [0.15, 0.2) is 48.6 Å². The minimum atomic E-state index is -0.776. The molecule has 0 saturated heterocycles. The summed E-state index contributed by atoms with van der Waals surface area (Å²) in [6.45, 7) is 6.63. The molecular formula is C77H142O6. The highest BCUT2D eigenvalue weighted by Gasteiger charge is 2.19. The molecule has 0 aliphatic carbocycles. The van der Waals surface area contributed by atoms with Gasteiger partial charge >= 0.3 is 17.9 Å². The lowest BCUT2D eigenvalue weighted by Gasteiger charge is -2.18. The zero-order valence-electron chi connectivity index (χ0n) is 56.0. The summed E-state index contributed by atoms with van der Waals surface area (Å²) >= 11 is 0. The maximum absolute atomic E-state index is 12.9. The maximum Gasteiger partial charge on any atom is 0.306 e. The molecular weight excluding hydrogens is 1020 g/mol. The number of hydrogen-bond donors (Lipinski definition) is 0. The molecule has 0 fully saturated rings. The van der Waals surface area contributed by atoms with Gasteiger partial charge < -0.3 is 14.2 Å². The van der Waals surface area contributed by atoms with Crippen LogP contribution in [0.25, 0.3) is 0 Å². The molecule has 0 aliphatic heterocycles. The SMILES string of the molecule is CCC/C=C\CCCCCCCC(=O)OCC(COC(=O)CCCCCCCCCCCCCCCCCCCCCCCCCCCCCC)OC(=O)CCCCCCCCCCCCCC/C=C\C/C=C\C/C=C\CCCCCCC. The molecule has 0 bridgehead atoms. The van der Waals surface area contributed by atoms with Crippen molar-refractivity contribution in [2.45, 2.75) is 412 Å². The Kier molecular flexibility index (Phi) is 69.6. The summed E-state index contributed by atoms with van der Waals surface area (Å²) in [5, 5.41) is 0. The maximum atomic E-state index is 12.9. The molecule has 0 rings (SSSR count). The average molecular weight is 1160 g/mol. The molecule has 0 aromatic heterocycles. The van der Waals surface area contributed by atoms with Crippen molar-refractivity contribution in [3.05, 3.63) is 48.6 Å². The van der Waals surface area contributed by atoms with Gasteiger partial charge in [0.05, 0.1) is 0 Å². The minimum Gasteiger partial charge on any atom is -0.462 e. The first-order valence-corrected chi connectivity index (χ1v) is 37.1. The van der Waals surface area contributed by atoms with Crippen molar-refractivity contribution in [3.63, 3.8) is 0 Å². The number of rotatable bonds is 69. The van der Waals surface area contributed by atoms with E-state index in [-0.39, 0.29) is 31.1 Å². The Bertz CT molecular complexity index is 1430. The summed E-state index contributed by atoms with van der Waals surface area (Å²) in [7, 11) is 0. The Morgan fingerprint density at radius 1 is 0.241 bits per heavy atom. The molecule has 486 valence electrons. The molecule has 6 nitrogen and oxygen atoms in total. The van der Waals surface area contributed by atoms with Gasteiger partial charge in [-0.15, -0.1) is 0 Å². The van der Waals surface area contributed by atoms with Crippen LogP contribution in [0.1, 0.15) is 406 Å². The van der Waals surface area contributed by atoms with Crippen LogP contribution < -0.4 is 0 Å². The topological polar surface area (TPSA) is 78.9 Å². The number of carbonyl (C=O) groups excluding carboxylic acids is 3. The predicted molar refractivity (Wildman–Crippen MR) is 362 cm³/mol. The first-order chi connectivity index (χ1) is 41.0. The standard InChI is InChI=1S/C77H142O6/c1-4-7-10-13-16-19-22-24-26-28-30-32-34-36-38-40-41-43-45-47-49-51-53-55-58-61-64-67-70-76(79)82-73-74(72-81-75(78)69-66-63-60-57-21-18-15-12-9-6-3)83-77(80)71-68-65-62-59-56-54-52-50-48-46-44-42-39-37-35-33-31-29-27-25-23-20-17-14-11-8-5-2/h12,15,23,25,29,31,35,37,74H,4-11,13-14,16-22,24,26-28,30,32-34,36,38-73H2,1-3H3/b15-12-,25-23-,31-29-,37-35-. The van der Waals surface area contributed by atoms with E-state index in [0.29, 0.717) is 19.3 Å². The van der Waals surface area contributed by atoms with Crippen molar-refractivity contribution in [2.75, 3.05) is 13.2 Å². The fourth-order valence-corrected chi connectivity index (χ4v) is 11.2. The van der Waals surface area contributed by atoms with E-state index >= 15 is 0 Å². The molecule has 0 amide bonds. The number of unbranched alkanes of at least 4 members (excludes halogenated alkanes) is 50. The van der Waals surface area contributed by atoms with E-state index < -0.39 is 6.10 Å². The van der Waals surface area contributed by atoms with E-state index in [9.17, 15) is 14.4 Å². The molecule has 1 unspecified atom stereocenters. The van der Waals surface area contributed by atoms with Crippen LogP contribution in [-0.4, -0.2) is 37.2 Å². The second-order valence-corrected chi connectivity index (χ2v) is 25.2. The molecule has 0 saturated carbocycles. The Hall–Kier alpha value is -2.63. The van der Waals surface area contributed by atoms with E-state index in [0.717, 1.165) is 83.5 Å². The molecule has 83 heavy (non-hydrogen) atoms. The highest BCUT2D eigenvalue weighted by atomic mass is 16.6. The minimum absolute atomic E-state index is 0.0720. The van der Waals surface area contributed by atoms with Crippen LogP contribution in [0.2, 0.25) is 0 Å². The fourth-order valence-electron chi connectivity index (χ4n) is 11.2. The quantitative estimate of drug-likeness (QED) is 0.0261. The third kappa shape index (κ3) is 70.0. The van der Waals surface area contributed by atoms with Gasteiger partial charge in [-0.05, 0) is 77.0 Å².